The Bertz CT molecular complexity index is 1260. The third kappa shape index (κ3) is 4.72. The molecule has 162 valence electrons. The van der Waals surface area contributed by atoms with Crippen molar-refractivity contribution in [3.8, 4) is 0 Å². The van der Waals surface area contributed by atoms with Crippen LogP contribution in [0.15, 0.2) is 93.1 Å². The van der Waals surface area contributed by atoms with Crippen LogP contribution >= 0.6 is 0 Å². The average molecular weight is 426 g/mol. The molecular formula is C27H27N3O2. The highest BCUT2D eigenvalue weighted by molar-refractivity contribution is 6.01. The summed E-state index contributed by atoms with van der Waals surface area (Å²) in [5.41, 5.74) is 4.22. The van der Waals surface area contributed by atoms with Crippen LogP contribution in [-0.2, 0) is 6.54 Å². The van der Waals surface area contributed by atoms with Crippen LogP contribution < -0.4 is 15.8 Å². The van der Waals surface area contributed by atoms with Crippen LogP contribution in [-0.4, -0.2) is 19.3 Å². The smallest absolute Gasteiger partial charge is 0.347 e. The molecule has 4 rings (SSSR count). The van der Waals surface area contributed by atoms with Gasteiger partial charge >= 0.3 is 5.63 Å². The normalized spacial score (nSPS) is 11.2. The summed E-state index contributed by atoms with van der Waals surface area (Å²) in [6, 6.07) is 25.7. The Labute approximate surface area is 188 Å². The number of nitrogens with one attached hydrogen (secondary N) is 1. The van der Waals surface area contributed by atoms with E-state index in [-0.39, 0.29) is 0 Å². The fraction of sp³-hybridized carbons (Fsp3) is 0.185. The standard InChI is InChI=1S/C27H27N3O2/c1-3-30(4-2)22-15-16-23-25(17-22)32-27(31)24(19-28-21-13-9-6-10-14-21)26(23)29-18-20-11-7-5-8-12-20/h5-17,19,29H,3-4,18H2,1-2H3. The maximum Gasteiger partial charge on any atom is 0.347 e. The Morgan fingerprint density at radius 2 is 1.62 bits per heavy atom. The van der Waals surface area contributed by atoms with Crippen molar-refractivity contribution in [2.24, 2.45) is 4.99 Å². The van der Waals surface area contributed by atoms with Crippen molar-refractivity contribution in [3.05, 3.63) is 100 Å². The van der Waals surface area contributed by atoms with E-state index in [1.54, 1.807) is 6.21 Å². The molecule has 0 saturated heterocycles. The average Bonchev–Trinajstić information content (AvgIpc) is 2.83. The number of anilines is 2. The summed E-state index contributed by atoms with van der Waals surface area (Å²) in [7, 11) is 0. The third-order valence-corrected chi connectivity index (χ3v) is 5.47. The predicted molar refractivity (Wildman–Crippen MR) is 134 cm³/mol. The van der Waals surface area contributed by atoms with Gasteiger partial charge < -0.3 is 14.6 Å². The van der Waals surface area contributed by atoms with Gasteiger partial charge in [0.2, 0.25) is 0 Å². The summed E-state index contributed by atoms with van der Waals surface area (Å²) < 4.78 is 5.74. The van der Waals surface area contributed by atoms with Crippen LogP contribution in [0, 0.1) is 0 Å². The maximum absolute atomic E-state index is 13.0. The Kier molecular flexibility index (Phi) is 6.66. The molecule has 0 atom stereocenters. The Balaban J connectivity index is 1.80. The van der Waals surface area contributed by atoms with E-state index < -0.39 is 5.63 Å². The summed E-state index contributed by atoms with van der Waals surface area (Å²) >= 11 is 0. The van der Waals surface area contributed by atoms with Crippen LogP contribution in [0.3, 0.4) is 0 Å². The van der Waals surface area contributed by atoms with Crippen molar-refractivity contribution in [3.63, 3.8) is 0 Å². The first-order valence-electron chi connectivity index (χ1n) is 10.9. The van der Waals surface area contributed by atoms with Gasteiger partial charge in [-0.25, -0.2) is 4.79 Å². The highest BCUT2D eigenvalue weighted by Gasteiger charge is 2.15. The van der Waals surface area contributed by atoms with Gasteiger partial charge in [0.25, 0.3) is 0 Å². The molecule has 5 heteroatoms. The van der Waals surface area contributed by atoms with Gasteiger partial charge in [0, 0.05) is 43.0 Å². The van der Waals surface area contributed by atoms with Crippen LogP contribution in [0.5, 0.6) is 0 Å². The van der Waals surface area contributed by atoms with Crippen molar-refractivity contribution >= 4 is 34.2 Å². The fourth-order valence-electron chi connectivity index (χ4n) is 3.74. The zero-order valence-electron chi connectivity index (χ0n) is 18.4. The van der Waals surface area contributed by atoms with Crippen molar-refractivity contribution < 1.29 is 4.42 Å². The maximum atomic E-state index is 13.0. The minimum atomic E-state index is -0.413. The molecule has 1 N–H and O–H groups in total. The number of aliphatic imine (C=N–C) groups is 1. The lowest BCUT2D eigenvalue weighted by Gasteiger charge is -2.21. The van der Waals surface area contributed by atoms with E-state index in [0.717, 1.165) is 41.1 Å². The van der Waals surface area contributed by atoms with Crippen molar-refractivity contribution in [2.75, 3.05) is 23.3 Å². The van der Waals surface area contributed by atoms with Gasteiger partial charge in [0.15, 0.2) is 0 Å². The second-order valence-corrected chi connectivity index (χ2v) is 7.46. The van der Waals surface area contributed by atoms with E-state index in [9.17, 15) is 4.79 Å². The third-order valence-electron chi connectivity index (χ3n) is 5.47. The van der Waals surface area contributed by atoms with Crippen LogP contribution in [0.4, 0.5) is 17.1 Å². The number of nitrogens with zero attached hydrogens (tertiary/aromatic N) is 2. The van der Waals surface area contributed by atoms with E-state index >= 15 is 0 Å². The van der Waals surface area contributed by atoms with Gasteiger partial charge in [-0.05, 0) is 43.7 Å². The minimum Gasteiger partial charge on any atom is -0.422 e. The zero-order valence-corrected chi connectivity index (χ0v) is 18.4. The molecule has 1 heterocycles. The van der Waals surface area contributed by atoms with Crippen LogP contribution in [0.25, 0.3) is 11.0 Å². The fourth-order valence-corrected chi connectivity index (χ4v) is 3.74. The molecule has 0 aliphatic heterocycles. The zero-order chi connectivity index (χ0) is 22.3. The molecule has 0 spiro atoms. The molecule has 32 heavy (non-hydrogen) atoms. The SMILES string of the molecule is CCN(CC)c1ccc2c(NCc3ccccc3)c(C=Nc3ccccc3)c(=O)oc2c1. The van der Waals surface area contributed by atoms with E-state index in [0.29, 0.717) is 17.7 Å². The first-order chi connectivity index (χ1) is 15.7. The van der Waals surface area contributed by atoms with Gasteiger partial charge in [-0.15, -0.1) is 0 Å². The number of fused-ring (bicyclic) bond motifs is 1. The number of hydrogen-bond donors (Lipinski definition) is 1. The summed E-state index contributed by atoms with van der Waals surface area (Å²) in [4.78, 5) is 19.7. The number of benzene rings is 3. The Hall–Kier alpha value is -3.86. The van der Waals surface area contributed by atoms with Gasteiger partial charge in [-0.3, -0.25) is 4.99 Å². The number of rotatable bonds is 8. The molecule has 4 aromatic rings. The highest BCUT2D eigenvalue weighted by Crippen LogP contribution is 2.29. The molecule has 0 aliphatic rings. The van der Waals surface area contributed by atoms with Crippen molar-refractivity contribution in [2.45, 2.75) is 20.4 Å². The molecule has 0 aliphatic carbocycles. The van der Waals surface area contributed by atoms with Gasteiger partial charge in [0.05, 0.1) is 11.4 Å². The first kappa shape index (κ1) is 21.4. The molecular weight excluding hydrogens is 398 g/mol. The van der Waals surface area contributed by atoms with Gasteiger partial charge in [-0.1, -0.05) is 48.5 Å². The van der Waals surface area contributed by atoms with Gasteiger partial charge in [0.1, 0.15) is 11.1 Å². The van der Waals surface area contributed by atoms with E-state index in [1.807, 2.05) is 60.7 Å². The minimum absolute atomic E-state index is 0.410. The Morgan fingerprint density at radius 1 is 0.938 bits per heavy atom. The van der Waals surface area contributed by atoms with Crippen molar-refractivity contribution in [1.29, 1.82) is 0 Å². The van der Waals surface area contributed by atoms with E-state index in [4.69, 9.17) is 4.42 Å². The highest BCUT2D eigenvalue weighted by atomic mass is 16.4. The second kappa shape index (κ2) is 9.96. The van der Waals surface area contributed by atoms with Crippen LogP contribution in [0.1, 0.15) is 25.0 Å². The molecule has 0 bridgehead atoms. The quantitative estimate of drug-likeness (QED) is 0.278. The summed E-state index contributed by atoms with van der Waals surface area (Å²) in [6.07, 6.45) is 1.59. The molecule has 0 unspecified atom stereocenters. The molecule has 0 amide bonds. The predicted octanol–water partition coefficient (Wildman–Crippen LogP) is 6.00. The lowest BCUT2D eigenvalue weighted by Crippen LogP contribution is -2.21. The molecule has 0 fully saturated rings. The molecule has 3 aromatic carbocycles. The van der Waals surface area contributed by atoms with Crippen molar-refractivity contribution in [1.82, 2.24) is 0 Å². The van der Waals surface area contributed by atoms with Crippen LogP contribution in [0.2, 0.25) is 0 Å². The topological polar surface area (TPSA) is 57.8 Å². The second-order valence-electron chi connectivity index (χ2n) is 7.46. The summed E-state index contributed by atoms with van der Waals surface area (Å²) in [6.45, 7) is 6.57. The number of para-hydroxylation sites is 1. The van der Waals surface area contributed by atoms with E-state index in [1.165, 1.54) is 0 Å². The van der Waals surface area contributed by atoms with E-state index in [2.05, 4.69) is 47.3 Å². The van der Waals surface area contributed by atoms with Gasteiger partial charge in [-0.2, -0.15) is 0 Å². The molecule has 5 nitrogen and oxygen atoms in total. The first-order valence-corrected chi connectivity index (χ1v) is 10.9. The summed E-state index contributed by atoms with van der Waals surface area (Å²) in [5.74, 6) is 0. The monoisotopic (exact) mass is 425 g/mol. The molecule has 0 saturated carbocycles. The molecule has 1 aromatic heterocycles. The lowest BCUT2D eigenvalue weighted by atomic mass is 10.1. The molecule has 0 radical (unpaired) electrons. The summed E-state index contributed by atoms with van der Waals surface area (Å²) in [5, 5.41) is 4.31. The largest absolute Gasteiger partial charge is 0.422 e. The Morgan fingerprint density at radius 3 is 2.31 bits per heavy atom. The number of hydrogen-bond acceptors (Lipinski definition) is 5. The lowest BCUT2D eigenvalue weighted by molar-refractivity contribution is 0.560.